The molecule has 0 atom stereocenters. The van der Waals surface area contributed by atoms with E-state index in [1.165, 1.54) is 24.3 Å². The van der Waals surface area contributed by atoms with Crippen molar-refractivity contribution in [1.29, 1.82) is 0 Å². The quantitative estimate of drug-likeness (QED) is 0.526. The SMILES string of the molecule is CS(=O)(=O)c1ccc(ONN)cc1. The molecular weight excluding hydrogens is 192 g/mol. The van der Waals surface area contributed by atoms with Crippen LogP contribution in [0.25, 0.3) is 0 Å². The monoisotopic (exact) mass is 202 g/mol. The standard InChI is InChI=1S/C7H10N2O3S/c1-13(10,11)7-4-2-6(3-5-7)12-9-8/h2-5,9H,8H2,1H3. The molecule has 0 amide bonds. The van der Waals surface area contributed by atoms with Crippen molar-refractivity contribution in [3.63, 3.8) is 0 Å². The summed E-state index contributed by atoms with van der Waals surface area (Å²) in [7, 11) is -3.14. The number of hydrazine groups is 1. The Kier molecular flexibility index (Phi) is 2.86. The molecular formula is C7H10N2O3S. The summed E-state index contributed by atoms with van der Waals surface area (Å²) in [5, 5.41) is 0. The summed E-state index contributed by atoms with van der Waals surface area (Å²) in [4.78, 5) is 4.95. The third-order valence-corrected chi connectivity index (χ3v) is 2.56. The van der Waals surface area contributed by atoms with Crippen LogP contribution in [0.2, 0.25) is 0 Å². The smallest absolute Gasteiger partial charge is 0.175 e. The fraction of sp³-hybridized carbons (Fsp3) is 0.143. The van der Waals surface area contributed by atoms with Crippen LogP contribution in [0, 0.1) is 0 Å². The van der Waals surface area contributed by atoms with Gasteiger partial charge in [-0.25, -0.2) is 14.3 Å². The first kappa shape index (κ1) is 9.97. The molecule has 0 unspecified atom stereocenters. The molecule has 0 aliphatic rings. The van der Waals surface area contributed by atoms with Crippen LogP contribution >= 0.6 is 0 Å². The van der Waals surface area contributed by atoms with Gasteiger partial charge in [-0.15, -0.1) is 0 Å². The van der Waals surface area contributed by atoms with Crippen LogP contribution in [0.5, 0.6) is 5.75 Å². The summed E-state index contributed by atoms with van der Waals surface area (Å²) in [6.45, 7) is 0. The highest BCUT2D eigenvalue weighted by atomic mass is 32.2. The molecule has 5 nitrogen and oxygen atoms in total. The van der Waals surface area contributed by atoms with E-state index in [1.54, 1.807) is 0 Å². The molecule has 0 heterocycles. The van der Waals surface area contributed by atoms with E-state index in [4.69, 9.17) is 10.7 Å². The molecule has 0 aromatic heterocycles. The zero-order valence-electron chi connectivity index (χ0n) is 7.02. The van der Waals surface area contributed by atoms with Crippen LogP contribution in [0.15, 0.2) is 29.2 Å². The number of nitrogens with one attached hydrogen (secondary N) is 1. The van der Waals surface area contributed by atoms with Crippen molar-refractivity contribution in [2.45, 2.75) is 4.90 Å². The molecule has 0 fully saturated rings. The Hall–Kier alpha value is -1.11. The van der Waals surface area contributed by atoms with Crippen molar-refractivity contribution in [2.24, 2.45) is 5.84 Å². The van der Waals surface area contributed by atoms with Crippen molar-refractivity contribution in [3.05, 3.63) is 24.3 Å². The largest absolute Gasteiger partial charge is 0.394 e. The molecule has 13 heavy (non-hydrogen) atoms. The van der Waals surface area contributed by atoms with Gasteiger partial charge in [0.05, 0.1) is 4.90 Å². The molecule has 72 valence electrons. The predicted octanol–water partition coefficient (Wildman–Crippen LogP) is -0.153. The van der Waals surface area contributed by atoms with Crippen LogP contribution < -0.4 is 16.3 Å². The highest BCUT2D eigenvalue weighted by Gasteiger charge is 2.05. The van der Waals surface area contributed by atoms with Crippen molar-refractivity contribution in [1.82, 2.24) is 5.59 Å². The molecule has 0 bridgehead atoms. The van der Waals surface area contributed by atoms with Crippen LogP contribution in [-0.2, 0) is 9.84 Å². The lowest BCUT2D eigenvalue weighted by Crippen LogP contribution is -2.25. The lowest BCUT2D eigenvalue weighted by molar-refractivity contribution is 0.199. The van der Waals surface area contributed by atoms with Crippen LogP contribution in [0.1, 0.15) is 0 Å². The Morgan fingerprint density at radius 3 is 2.23 bits per heavy atom. The van der Waals surface area contributed by atoms with E-state index in [9.17, 15) is 8.42 Å². The second kappa shape index (κ2) is 3.73. The van der Waals surface area contributed by atoms with Gasteiger partial charge in [0.25, 0.3) is 0 Å². The van der Waals surface area contributed by atoms with Gasteiger partial charge in [0.1, 0.15) is 5.75 Å². The summed E-state index contributed by atoms with van der Waals surface area (Å²) in [5.41, 5.74) is 1.99. The molecule has 3 N–H and O–H groups in total. The Balaban J connectivity index is 2.94. The first-order chi connectivity index (χ1) is 6.04. The second-order valence-corrected chi connectivity index (χ2v) is 4.48. The Morgan fingerprint density at radius 2 is 1.85 bits per heavy atom. The minimum Gasteiger partial charge on any atom is -0.394 e. The molecule has 6 heteroatoms. The predicted molar refractivity (Wildman–Crippen MR) is 47.5 cm³/mol. The van der Waals surface area contributed by atoms with Crippen molar-refractivity contribution in [2.75, 3.05) is 6.26 Å². The summed E-state index contributed by atoms with van der Waals surface area (Å²) in [6, 6.07) is 5.91. The molecule has 0 spiro atoms. The molecule has 1 aromatic rings. The van der Waals surface area contributed by atoms with E-state index in [1.807, 2.05) is 5.59 Å². The number of rotatable bonds is 3. The van der Waals surface area contributed by atoms with Gasteiger partial charge < -0.3 is 4.84 Å². The molecule has 1 rings (SSSR count). The number of nitrogens with two attached hydrogens (primary N) is 1. The molecule has 0 aliphatic carbocycles. The summed E-state index contributed by atoms with van der Waals surface area (Å²) >= 11 is 0. The average molecular weight is 202 g/mol. The van der Waals surface area contributed by atoms with Gasteiger partial charge in [-0.3, -0.25) is 0 Å². The first-order valence-corrected chi connectivity index (χ1v) is 5.36. The highest BCUT2D eigenvalue weighted by molar-refractivity contribution is 7.90. The molecule has 0 saturated carbocycles. The lowest BCUT2D eigenvalue weighted by atomic mass is 10.3. The van der Waals surface area contributed by atoms with E-state index in [0.717, 1.165) is 6.26 Å². The molecule has 0 saturated heterocycles. The fourth-order valence-electron chi connectivity index (χ4n) is 0.823. The number of sulfone groups is 1. The Labute approximate surface area is 76.3 Å². The maximum absolute atomic E-state index is 11.0. The van der Waals surface area contributed by atoms with E-state index in [0.29, 0.717) is 5.75 Å². The van der Waals surface area contributed by atoms with Gasteiger partial charge in [0, 0.05) is 6.26 Å². The third kappa shape index (κ3) is 2.69. The maximum Gasteiger partial charge on any atom is 0.175 e. The van der Waals surface area contributed by atoms with Gasteiger partial charge in [0.2, 0.25) is 0 Å². The number of hydrogen-bond acceptors (Lipinski definition) is 5. The highest BCUT2D eigenvalue weighted by Crippen LogP contribution is 2.14. The zero-order chi connectivity index (χ0) is 9.90. The molecule has 1 aromatic carbocycles. The van der Waals surface area contributed by atoms with Gasteiger partial charge >= 0.3 is 0 Å². The Bertz CT molecular complexity index is 371. The van der Waals surface area contributed by atoms with Crippen molar-refractivity contribution >= 4 is 9.84 Å². The van der Waals surface area contributed by atoms with Gasteiger partial charge in [-0.2, -0.15) is 0 Å². The van der Waals surface area contributed by atoms with Crippen LogP contribution in [0.4, 0.5) is 0 Å². The van der Waals surface area contributed by atoms with Crippen molar-refractivity contribution < 1.29 is 13.3 Å². The van der Waals surface area contributed by atoms with E-state index in [-0.39, 0.29) is 4.90 Å². The van der Waals surface area contributed by atoms with E-state index in [2.05, 4.69) is 0 Å². The summed E-state index contributed by atoms with van der Waals surface area (Å²) < 4.78 is 22.0. The van der Waals surface area contributed by atoms with Crippen molar-refractivity contribution in [3.8, 4) is 5.75 Å². The summed E-state index contributed by atoms with van der Waals surface area (Å²) in [6.07, 6.45) is 1.14. The lowest BCUT2D eigenvalue weighted by Gasteiger charge is -2.02. The van der Waals surface area contributed by atoms with E-state index < -0.39 is 9.84 Å². The Morgan fingerprint density at radius 1 is 1.31 bits per heavy atom. The average Bonchev–Trinajstić information content (AvgIpc) is 2.04. The topological polar surface area (TPSA) is 81.4 Å². The molecule has 0 radical (unpaired) electrons. The van der Waals surface area contributed by atoms with Crippen LogP contribution in [-0.4, -0.2) is 14.7 Å². The summed E-state index contributed by atoms with van der Waals surface area (Å²) in [5.74, 6) is 5.35. The first-order valence-electron chi connectivity index (χ1n) is 3.46. The van der Waals surface area contributed by atoms with Gasteiger partial charge in [-0.05, 0) is 24.3 Å². The zero-order valence-corrected chi connectivity index (χ0v) is 7.84. The third-order valence-electron chi connectivity index (χ3n) is 1.43. The molecule has 0 aliphatic heterocycles. The van der Waals surface area contributed by atoms with Crippen LogP contribution in [0.3, 0.4) is 0 Å². The van der Waals surface area contributed by atoms with Gasteiger partial charge in [-0.1, -0.05) is 5.59 Å². The maximum atomic E-state index is 11.0. The number of benzene rings is 1. The van der Waals surface area contributed by atoms with E-state index >= 15 is 0 Å². The minimum atomic E-state index is -3.14. The van der Waals surface area contributed by atoms with Gasteiger partial charge in [0.15, 0.2) is 9.84 Å². The minimum absolute atomic E-state index is 0.247. The number of hydrogen-bond donors (Lipinski definition) is 2. The fourth-order valence-corrected chi connectivity index (χ4v) is 1.45. The normalized spacial score (nSPS) is 11.2. The second-order valence-electron chi connectivity index (χ2n) is 2.46.